The minimum atomic E-state index is -0.357. The molecule has 0 unspecified atom stereocenters. The van der Waals surface area contributed by atoms with Crippen LogP contribution in [-0.4, -0.2) is 16.5 Å². The lowest BCUT2D eigenvalue weighted by Crippen LogP contribution is -2.50. The van der Waals surface area contributed by atoms with Crippen LogP contribution >= 0.6 is 11.8 Å². The van der Waals surface area contributed by atoms with Crippen LogP contribution in [0.2, 0.25) is 0 Å². The first-order chi connectivity index (χ1) is 19.2. The van der Waals surface area contributed by atoms with Gasteiger partial charge in [0, 0.05) is 5.25 Å². The molecule has 4 aliphatic rings. The molecule has 222 valence electrons. The van der Waals surface area contributed by atoms with Crippen molar-refractivity contribution in [3.05, 3.63) is 42.0 Å². The van der Waals surface area contributed by atoms with Gasteiger partial charge in [-0.1, -0.05) is 102 Å². The Hall–Kier alpha value is -1.22. The second-order valence-electron chi connectivity index (χ2n) is 14.9. The van der Waals surface area contributed by atoms with Gasteiger partial charge in [0.15, 0.2) is 6.10 Å². The van der Waals surface area contributed by atoms with Crippen molar-refractivity contribution in [2.24, 2.45) is 46.3 Å². The summed E-state index contributed by atoms with van der Waals surface area (Å²) in [5.74, 6) is 6.05. The summed E-state index contributed by atoms with van der Waals surface area (Å²) in [5.41, 5.74) is 2.58. The summed E-state index contributed by atoms with van der Waals surface area (Å²) in [4.78, 5) is 13.3. The molecule has 3 fully saturated rings. The number of thioether (sulfide) groups is 1. The van der Waals surface area contributed by atoms with Crippen molar-refractivity contribution in [1.29, 1.82) is 0 Å². The molecule has 0 saturated heterocycles. The normalized spacial score (nSPS) is 36.7. The molecular formula is C37H56O2S. The second-order valence-corrected chi connectivity index (χ2v) is 16.2. The van der Waals surface area contributed by atoms with Gasteiger partial charge in [-0.2, -0.15) is 0 Å². The van der Waals surface area contributed by atoms with Crippen LogP contribution in [0, 0.1) is 46.3 Å². The van der Waals surface area contributed by atoms with Crippen LogP contribution < -0.4 is 4.74 Å². The first-order valence-electron chi connectivity index (χ1n) is 16.8. The minimum absolute atomic E-state index is 0.210. The molecule has 5 rings (SSSR count). The molecule has 4 aliphatic carbocycles. The fourth-order valence-electron chi connectivity index (χ4n) is 9.95. The van der Waals surface area contributed by atoms with Crippen molar-refractivity contribution in [3.63, 3.8) is 0 Å². The van der Waals surface area contributed by atoms with E-state index in [1.807, 2.05) is 30.3 Å². The van der Waals surface area contributed by atoms with Gasteiger partial charge in [0.1, 0.15) is 5.75 Å². The predicted molar refractivity (Wildman–Crippen MR) is 171 cm³/mol. The van der Waals surface area contributed by atoms with Crippen molar-refractivity contribution in [3.8, 4) is 5.75 Å². The summed E-state index contributed by atoms with van der Waals surface area (Å²) in [7, 11) is 0. The Kier molecular flexibility index (Phi) is 9.50. The maximum Gasteiger partial charge on any atom is 0.229 e. The van der Waals surface area contributed by atoms with Crippen LogP contribution in [0.15, 0.2) is 42.0 Å². The number of hydrogen-bond acceptors (Lipinski definition) is 3. The summed E-state index contributed by atoms with van der Waals surface area (Å²) in [6.07, 6.45) is 17.8. The molecule has 1 aromatic carbocycles. The van der Waals surface area contributed by atoms with E-state index >= 15 is 0 Å². The van der Waals surface area contributed by atoms with E-state index in [1.165, 1.54) is 57.8 Å². The second kappa shape index (κ2) is 12.6. The van der Waals surface area contributed by atoms with E-state index in [9.17, 15) is 4.79 Å². The zero-order valence-electron chi connectivity index (χ0n) is 26.3. The number of allylic oxidation sites excluding steroid dienone is 2. The fourth-order valence-corrected chi connectivity index (χ4v) is 11.1. The van der Waals surface area contributed by atoms with Gasteiger partial charge in [0.2, 0.25) is 5.12 Å². The third-order valence-electron chi connectivity index (χ3n) is 12.2. The molecule has 0 radical (unpaired) electrons. The van der Waals surface area contributed by atoms with E-state index in [2.05, 4.69) is 47.6 Å². The van der Waals surface area contributed by atoms with Crippen molar-refractivity contribution in [1.82, 2.24) is 0 Å². The smallest absolute Gasteiger partial charge is 0.229 e. The Morgan fingerprint density at radius 3 is 2.50 bits per heavy atom. The number of fused-ring (bicyclic) bond motifs is 5. The van der Waals surface area contributed by atoms with Crippen molar-refractivity contribution in [2.45, 2.75) is 130 Å². The average molecular weight is 565 g/mol. The molecule has 0 spiro atoms. The maximum atomic E-state index is 13.3. The molecule has 40 heavy (non-hydrogen) atoms. The Morgan fingerprint density at radius 1 is 1.00 bits per heavy atom. The highest BCUT2D eigenvalue weighted by Crippen LogP contribution is 2.67. The first-order valence-corrected chi connectivity index (χ1v) is 17.6. The Labute approximate surface area is 249 Å². The molecule has 2 nitrogen and oxygen atoms in total. The molecule has 1 aromatic rings. The van der Waals surface area contributed by atoms with E-state index in [4.69, 9.17) is 4.74 Å². The lowest BCUT2D eigenvalue weighted by molar-refractivity contribution is -0.117. The largest absolute Gasteiger partial charge is 0.482 e. The molecule has 3 heteroatoms. The predicted octanol–water partition coefficient (Wildman–Crippen LogP) is 10.5. The quantitative estimate of drug-likeness (QED) is 0.264. The highest BCUT2D eigenvalue weighted by atomic mass is 32.2. The summed E-state index contributed by atoms with van der Waals surface area (Å²) in [5, 5.41) is 0.607. The van der Waals surface area contributed by atoms with Gasteiger partial charge in [-0.05, 0) is 116 Å². The number of hydrogen-bond donors (Lipinski definition) is 0. The zero-order chi connectivity index (χ0) is 28.5. The molecule has 0 aliphatic heterocycles. The third-order valence-corrected chi connectivity index (χ3v) is 13.4. The summed E-state index contributed by atoms with van der Waals surface area (Å²) in [6, 6.07) is 9.83. The van der Waals surface area contributed by atoms with E-state index in [0.29, 0.717) is 16.1 Å². The fraction of sp³-hybridized carbons (Fsp3) is 0.757. The van der Waals surface area contributed by atoms with Gasteiger partial charge in [-0.25, -0.2) is 0 Å². The standard InChI is InChI=1S/C37H56O2S/c1-7-34(39-28-14-9-8-10-15-28)35(38)40-29-20-22-36(5)27(24-29)16-17-30-32-19-18-31(26(4)13-11-12-25(2)3)37(32,6)23-21-33(30)36/h8-10,14-16,25-26,29-34H,7,11-13,17-24H2,1-6H3/t26-,29+,30-,31+,32-,33-,34+,36-,37+/m0/s1. The monoisotopic (exact) mass is 564 g/mol. The Morgan fingerprint density at radius 2 is 1.77 bits per heavy atom. The van der Waals surface area contributed by atoms with Crippen LogP contribution in [-0.2, 0) is 4.79 Å². The van der Waals surface area contributed by atoms with Gasteiger partial charge in [0.25, 0.3) is 0 Å². The Balaban J connectivity index is 1.22. The first kappa shape index (κ1) is 30.2. The zero-order valence-corrected chi connectivity index (χ0v) is 27.1. The molecule has 3 saturated carbocycles. The maximum absolute atomic E-state index is 13.3. The van der Waals surface area contributed by atoms with E-state index < -0.39 is 0 Å². The number of carbonyl (C=O) groups is 1. The lowest BCUT2D eigenvalue weighted by atomic mass is 9.47. The lowest BCUT2D eigenvalue weighted by Gasteiger charge is -2.58. The SMILES string of the molecule is CC[C@@H](Oc1ccccc1)C(=O)S[C@@H]1CC[C@@]2(C)C(=CC[C@H]3[C@@H]4CC[C@H]([C@@H](C)CCCC(C)C)[C@@]4(C)CC[C@@H]32)C1. The van der Waals surface area contributed by atoms with Gasteiger partial charge in [-0.3, -0.25) is 4.79 Å². The molecule has 0 heterocycles. The molecule has 0 bridgehead atoms. The highest BCUT2D eigenvalue weighted by molar-refractivity contribution is 8.14. The molecule has 9 atom stereocenters. The summed E-state index contributed by atoms with van der Waals surface area (Å²) in [6.45, 7) is 14.7. The molecule has 0 amide bonds. The average Bonchev–Trinajstić information content (AvgIpc) is 3.29. The third kappa shape index (κ3) is 5.97. The number of benzene rings is 1. The van der Waals surface area contributed by atoms with Gasteiger partial charge in [-0.15, -0.1) is 0 Å². The van der Waals surface area contributed by atoms with Gasteiger partial charge < -0.3 is 4.74 Å². The van der Waals surface area contributed by atoms with E-state index in [0.717, 1.165) is 60.5 Å². The van der Waals surface area contributed by atoms with Gasteiger partial charge >= 0.3 is 0 Å². The topological polar surface area (TPSA) is 26.3 Å². The highest BCUT2D eigenvalue weighted by Gasteiger charge is 2.59. The van der Waals surface area contributed by atoms with Crippen LogP contribution in [0.3, 0.4) is 0 Å². The minimum Gasteiger partial charge on any atom is -0.482 e. The van der Waals surface area contributed by atoms with E-state index in [1.54, 1.807) is 17.3 Å². The number of carbonyl (C=O) groups excluding carboxylic acids is 1. The number of rotatable bonds is 10. The molecule has 0 N–H and O–H groups in total. The van der Waals surface area contributed by atoms with Gasteiger partial charge in [0.05, 0.1) is 0 Å². The van der Waals surface area contributed by atoms with Crippen LogP contribution in [0.4, 0.5) is 0 Å². The van der Waals surface area contributed by atoms with Crippen molar-refractivity contribution >= 4 is 16.9 Å². The molecular weight excluding hydrogens is 508 g/mol. The summed E-state index contributed by atoms with van der Waals surface area (Å²) < 4.78 is 6.09. The van der Waals surface area contributed by atoms with E-state index in [-0.39, 0.29) is 11.2 Å². The summed E-state index contributed by atoms with van der Waals surface area (Å²) >= 11 is 1.58. The van der Waals surface area contributed by atoms with Crippen LogP contribution in [0.1, 0.15) is 119 Å². The Bertz CT molecular complexity index is 1030. The number of para-hydroxylation sites is 1. The van der Waals surface area contributed by atoms with Crippen molar-refractivity contribution in [2.75, 3.05) is 0 Å². The van der Waals surface area contributed by atoms with Crippen molar-refractivity contribution < 1.29 is 9.53 Å². The van der Waals surface area contributed by atoms with Crippen LogP contribution in [0.25, 0.3) is 0 Å². The molecule has 0 aromatic heterocycles. The van der Waals surface area contributed by atoms with Crippen LogP contribution in [0.5, 0.6) is 5.75 Å². The number of ether oxygens (including phenoxy) is 1.